The first-order valence-electron chi connectivity index (χ1n) is 8.67. The van der Waals surface area contributed by atoms with Gasteiger partial charge in [0.25, 0.3) is 0 Å². The second-order valence-corrected chi connectivity index (χ2v) is 7.74. The van der Waals surface area contributed by atoms with E-state index in [1.165, 1.54) is 0 Å². The van der Waals surface area contributed by atoms with Crippen molar-refractivity contribution in [3.05, 3.63) is 34.5 Å². The third kappa shape index (κ3) is 3.91. The number of carboxylic acid groups (broad SMARTS) is 2. The molecule has 8 heteroatoms. The maximum Gasteiger partial charge on any atom is 0.332 e. The van der Waals surface area contributed by atoms with Crippen molar-refractivity contribution in [3.8, 4) is 0 Å². The van der Waals surface area contributed by atoms with Gasteiger partial charge in [0.05, 0.1) is 0 Å². The van der Waals surface area contributed by atoms with Crippen LogP contribution in [-0.2, 0) is 9.59 Å². The van der Waals surface area contributed by atoms with Crippen LogP contribution in [0.25, 0.3) is 0 Å². The Balaban J connectivity index is 1.97. The Labute approximate surface area is 160 Å². The van der Waals surface area contributed by atoms with Crippen LogP contribution in [0.1, 0.15) is 19.3 Å². The van der Waals surface area contributed by atoms with E-state index in [0.717, 1.165) is 50.8 Å². The third-order valence-electron chi connectivity index (χ3n) is 5.55. The summed E-state index contributed by atoms with van der Waals surface area (Å²) in [6, 6.07) is 5.62. The Hall–Kier alpha value is -1.93. The fourth-order valence-electron chi connectivity index (χ4n) is 4.21. The van der Waals surface area contributed by atoms with Crippen molar-refractivity contribution in [2.24, 2.45) is 11.3 Å². The highest BCUT2D eigenvalue weighted by Gasteiger charge is 2.47. The number of hydrogen-bond donors (Lipinski definition) is 3. The lowest BCUT2D eigenvalue weighted by atomic mass is 9.62. The van der Waals surface area contributed by atoms with Crippen LogP contribution in [0.2, 0.25) is 0 Å². The van der Waals surface area contributed by atoms with E-state index in [2.05, 4.69) is 31.1 Å². The number of hydrogen-bond acceptors (Lipinski definition) is 5. The number of nitrogens with one attached hydrogen (secondary N) is 1. The number of aliphatic carboxylic acids is 2. The van der Waals surface area contributed by atoms with E-state index < -0.39 is 11.9 Å². The number of carboxylic acids is 2. The normalized spacial score (nSPS) is 23.0. The zero-order valence-electron chi connectivity index (χ0n) is 14.3. The molecule has 2 aliphatic rings. The number of halogens is 1. The smallest absolute Gasteiger partial charge is 0.332 e. The quantitative estimate of drug-likeness (QED) is 0.503. The fraction of sp³-hybridized carbons (Fsp3) is 0.500. The average molecular weight is 424 g/mol. The average Bonchev–Trinajstić information content (AvgIpc) is 2.61. The molecule has 2 fully saturated rings. The molecule has 1 spiro atoms. The molecule has 1 aromatic rings. The van der Waals surface area contributed by atoms with Crippen LogP contribution in [0, 0.1) is 11.3 Å². The summed E-state index contributed by atoms with van der Waals surface area (Å²) in [7, 11) is 0. The fourth-order valence-corrected chi connectivity index (χ4v) is 4.55. The lowest BCUT2D eigenvalue weighted by molar-refractivity contribution is -0.136. The molecule has 3 heterocycles. The first-order valence-corrected chi connectivity index (χ1v) is 9.47. The first kappa shape index (κ1) is 18.8. The lowest BCUT2D eigenvalue weighted by Gasteiger charge is -2.50. The Morgan fingerprint density at radius 2 is 2.00 bits per heavy atom. The summed E-state index contributed by atoms with van der Waals surface area (Å²) in [6.45, 7) is 2.88. The summed E-state index contributed by atoms with van der Waals surface area (Å²) >= 11 is 3.37. The van der Waals surface area contributed by atoms with Crippen molar-refractivity contribution in [1.29, 1.82) is 0 Å². The summed E-state index contributed by atoms with van der Waals surface area (Å²) in [5, 5.41) is 22.2. The molecule has 0 saturated carbocycles. The summed E-state index contributed by atoms with van der Waals surface area (Å²) in [6.07, 6.45) is 3.38. The van der Waals surface area contributed by atoms with E-state index in [4.69, 9.17) is 0 Å². The maximum atomic E-state index is 11.9. The van der Waals surface area contributed by atoms with Crippen molar-refractivity contribution in [2.75, 3.05) is 31.1 Å². The molecule has 0 aliphatic carbocycles. The third-order valence-corrected chi connectivity index (χ3v) is 5.99. The molecule has 1 unspecified atom stereocenters. The Kier molecular flexibility index (Phi) is 5.62. The number of rotatable bonds is 4. The van der Waals surface area contributed by atoms with Gasteiger partial charge < -0.3 is 20.4 Å². The molecule has 0 aromatic carbocycles. The molecule has 0 radical (unpaired) electrons. The zero-order chi connectivity index (χ0) is 18.7. The standard InChI is InChI=1S/C18H22BrN3O4/c19-14-2-1-3-15(21-14)22-9-6-18(4-7-20-8-5-18)13(11-22)12(17(25)26)10-16(23)24/h1-3,10,13,20H,4-9,11H2,(H,23,24)(H,25,26). The number of piperidine rings is 2. The Morgan fingerprint density at radius 1 is 1.27 bits per heavy atom. The van der Waals surface area contributed by atoms with Crippen LogP contribution in [0.4, 0.5) is 5.82 Å². The lowest BCUT2D eigenvalue weighted by Crippen LogP contribution is -2.53. The Morgan fingerprint density at radius 3 is 2.62 bits per heavy atom. The highest BCUT2D eigenvalue weighted by atomic mass is 79.9. The second-order valence-electron chi connectivity index (χ2n) is 6.92. The van der Waals surface area contributed by atoms with Gasteiger partial charge in [0, 0.05) is 30.7 Å². The van der Waals surface area contributed by atoms with E-state index in [0.29, 0.717) is 11.1 Å². The van der Waals surface area contributed by atoms with Gasteiger partial charge in [-0.25, -0.2) is 14.6 Å². The summed E-state index contributed by atoms with van der Waals surface area (Å²) < 4.78 is 0.716. The van der Waals surface area contributed by atoms with Crippen molar-refractivity contribution in [2.45, 2.75) is 19.3 Å². The number of pyridine rings is 1. The Bertz CT molecular complexity index is 731. The number of aromatic nitrogens is 1. The van der Waals surface area contributed by atoms with Crippen molar-refractivity contribution >= 4 is 33.7 Å². The topological polar surface area (TPSA) is 103 Å². The first-order chi connectivity index (χ1) is 12.4. The molecule has 7 nitrogen and oxygen atoms in total. The van der Waals surface area contributed by atoms with Gasteiger partial charge in [-0.15, -0.1) is 0 Å². The molecule has 2 aliphatic heterocycles. The SMILES string of the molecule is O=C(O)C=C(C(=O)O)C1CN(c2cccc(Br)n2)CCC12CCNCC2. The molecule has 26 heavy (non-hydrogen) atoms. The van der Waals surface area contributed by atoms with Gasteiger partial charge >= 0.3 is 11.9 Å². The number of nitrogens with zero attached hydrogens (tertiary/aromatic N) is 2. The van der Waals surface area contributed by atoms with Crippen LogP contribution < -0.4 is 10.2 Å². The van der Waals surface area contributed by atoms with Crippen LogP contribution in [0.3, 0.4) is 0 Å². The van der Waals surface area contributed by atoms with Gasteiger partial charge in [0.1, 0.15) is 10.4 Å². The molecule has 0 amide bonds. The monoisotopic (exact) mass is 423 g/mol. The van der Waals surface area contributed by atoms with Crippen LogP contribution in [0.5, 0.6) is 0 Å². The number of anilines is 1. The van der Waals surface area contributed by atoms with Crippen molar-refractivity contribution < 1.29 is 19.8 Å². The predicted octanol–water partition coefficient (Wildman–Crippen LogP) is 2.14. The zero-order valence-corrected chi connectivity index (χ0v) is 15.9. The van der Waals surface area contributed by atoms with E-state index in [-0.39, 0.29) is 16.9 Å². The van der Waals surface area contributed by atoms with Gasteiger partial charge in [-0.05, 0) is 65.8 Å². The minimum atomic E-state index is -1.22. The van der Waals surface area contributed by atoms with Gasteiger partial charge in [-0.1, -0.05) is 6.07 Å². The molecular formula is C18H22BrN3O4. The molecule has 1 aromatic heterocycles. The van der Waals surface area contributed by atoms with Gasteiger partial charge in [0.15, 0.2) is 0 Å². The van der Waals surface area contributed by atoms with Gasteiger partial charge in [-0.3, -0.25) is 0 Å². The summed E-state index contributed by atoms with van der Waals surface area (Å²) in [5.41, 5.74) is -0.202. The maximum absolute atomic E-state index is 11.9. The minimum absolute atomic E-state index is 0.0147. The van der Waals surface area contributed by atoms with Crippen LogP contribution >= 0.6 is 15.9 Å². The van der Waals surface area contributed by atoms with Gasteiger partial charge in [-0.2, -0.15) is 0 Å². The summed E-state index contributed by atoms with van der Waals surface area (Å²) in [5.74, 6) is -1.95. The van der Waals surface area contributed by atoms with E-state index in [9.17, 15) is 19.8 Å². The van der Waals surface area contributed by atoms with E-state index >= 15 is 0 Å². The van der Waals surface area contributed by atoms with E-state index in [1.807, 2.05) is 18.2 Å². The van der Waals surface area contributed by atoms with Crippen molar-refractivity contribution in [1.82, 2.24) is 10.3 Å². The molecule has 3 rings (SSSR count). The predicted molar refractivity (Wildman–Crippen MR) is 100 cm³/mol. The number of carbonyl (C=O) groups is 2. The molecule has 140 valence electrons. The highest BCUT2D eigenvalue weighted by Crippen LogP contribution is 2.47. The molecule has 3 N–H and O–H groups in total. The van der Waals surface area contributed by atoms with Gasteiger partial charge in [0.2, 0.25) is 0 Å². The largest absolute Gasteiger partial charge is 0.478 e. The van der Waals surface area contributed by atoms with Crippen molar-refractivity contribution in [3.63, 3.8) is 0 Å². The van der Waals surface area contributed by atoms with Crippen LogP contribution in [-0.4, -0.2) is 53.3 Å². The van der Waals surface area contributed by atoms with E-state index in [1.54, 1.807) is 0 Å². The minimum Gasteiger partial charge on any atom is -0.478 e. The summed E-state index contributed by atoms with van der Waals surface area (Å²) in [4.78, 5) is 29.6. The van der Waals surface area contributed by atoms with Crippen LogP contribution in [0.15, 0.2) is 34.5 Å². The second kappa shape index (κ2) is 7.75. The molecule has 2 saturated heterocycles. The molecular weight excluding hydrogens is 402 g/mol. The molecule has 0 bridgehead atoms. The molecule has 1 atom stereocenters. The highest BCUT2D eigenvalue weighted by molar-refractivity contribution is 9.10.